The second-order valence-corrected chi connectivity index (χ2v) is 6.69. The van der Waals surface area contributed by atoms with E-state index in [4.69, 9.17) is 0 Å². The summed E-state index contributed by atoms with van der Waals surface area (Å²) in [5.41, 5.74) is 4.50. The van der Waals surface area contributed by atoms with Gasteiger partial charge in [-0.15, -0.1) is 0 Å². The van der Waals surface area contributed by atoms with Crippen molar-refractivity contribution in [3.63, 3.8) is 0 Å². The number of benzene rings is 1. The van der Waals surface area contributed by atoms with E-state index in [1.807, 2.05) is 0 Å². The molecule has 3 heteroatoms. The Morgan fingerprint density at radius 3 is 2.85 bits per heavy atom. The summed E-state index contributed by atoms with van der Waals surface area (Å²) in [5, 5.41) is 9.96. The van der Waals surface area contributed by atoms with Crippen molar-refractivity contribution >= 4 is 0 Å². The SMILES string of the molecule is CN(C)CC1CC(O)CN1Cc1ccc2c(c1)CCC2. The van der Waals surface area contributed by atoms with Gasteiger partial charge in [0.05, 0.1) is 6.10 Å². The largest absolute Gasteiger partial charge is 0.392 e. The number of likely N-dealkylation sites (tertiary alicyclic amines) is 1. The second kappa shape index (κ2) is 5.84. The number of hydrogen-bond acceptors (Lipinski definition) is 3. The van der Waals surface area contributed by atoms with Crippen LogP contribution in [0, 0.1) is 0 Å². The van der Waals surface area contributed by atoms with E-state index in [0.717, 1.165) is 26.1 Å². The van der Waals surface area contributed by atoms with Gasteiger partial charge >= 0.3 is 0 Å². The first-order valence-electron chi connectivity index (χ1n) is 7.79. The lowest BCUT2D eigenvalue weighted by Gasteiger charge is -2.26. The molecular formula is C17H26N2O. The summed E-state index contributed by atoms with van der Waals surface area (Å²) in [7, 11) is 4.22. The van der Waals surface area contributed by atoms with E-state index in [1.54, 1.807) is 11.1 Å². The quantitative estimate of drug-likeness (QED) is 0.905. The number of aryl methyl sites for hydroxylation is 2. The zero-order valence-corrected chi connectivity index (χ0v) is 12.7. The molecule has 2 atom stereocenters. The van der Waals surface area contributed by atoms with Crippen LogP contribution in [-0.4, -0.2) is 54.2 Å². The van der Waals surface area contributed by atoms with E-state index >= 15 is 0 Å². The second-order valence-electron chi connectivity index (χ2n) is 6.69. The van der Waals surface area contributed by atoms with Gasteiger partial charge in [-0.3, -0.25) is 4.90 Å². The fraction of sp³-hybridized carbons (Fsp3) is 0.647. The Morgan fingerprint density at radius 2 is 2.05 bits per heavy atom. The Morgan fingerprint density at radius 1 is 1.25 bits per heavy atom. The molecule has 1 saturated heterocycles. The molecule has 1 N–H and O–H groups in total. The van der Waals surface area contributed by atoms with Gasteiger partial charge in [0.2, 0.25) is 0 Å². The number of fused-ring (bicyclic) bond motifs is 1. The van der Waals surface area contributed by atoms with Crippen molar-refractivity contribution in [1.29, 1.82) is 0 Å². The van der Waals surface area contributed by atoms with Crippen LogP contribution in [0.3, 0.4) is 0 Å². The van der Waals surface area contributed by atoms with Crippen molar-refractivity contribution in [3.8, 4) is 0 Å². The maximum Gasteiger partial charge on any atom is 0.0682 e. The minimum absolute atomic E-state index is 0.158. The van der Waals surface area contributed by atoms with Crippen molar-refractivity contribution in [3.05, 3.63) is 34.9 Å². The summed E-state index contributed by atoms with van der Waals surface area (Å²) in [5.74, 6) is 0. The molecule has 1 aliphatic carbocycles. The molecule has 0 bridgehead atoms. The van der Waals surface area contributed by atoms with Gasteiger partial charge in [-0.05, 0) is 56.5 Å². The van der Waals surface area contributed by atoms with Crippen LogP contribution in [-0.2, 0) is 19.4 Å². The highest BCUT2D eigenvalue weighted by molar-refractivity contribution is 5.35. The maximum atomic E-state index is 9.96. The van der Waals surface area contributed by atoms with Crippen LogP contribution in [0.25, 0.3) is 0 Å². The van der Waals surface area contributed by atoms with E-state index in [0.29, 0.717) is 6.04 Å². The van der Waals surface area contributed by atoms with Gasteiger partial charge in [0.25, 0.3) is 0 Å². The van der Waals surface area contributed by atoms with Crippen LogP contribution < -0.4 is 0 Å². The predicted octanol–water partition coefficient (Wildman–Crippen LogP) is 1.67. The lowest BCUT2D eigenvalue weighted by atomic mass is 10.1. The molecule has 20 heavy (non-hydrogen) atoms. The Labute approximate surface area is 122 Å². The molecule has 2 aliphatic rings. The smallest absolute Gasteiger partial charge is 0.0682 e. The number of β-amino-alcohol motifs (C(OH)–C–C–N with tert-alkyl or cyclic N) is 1. The molecule has 0 radical (unpaired) electrons. The fourth-order valence-corrected chi connectivity index (χ4v) is 3.72. The van der Waals surface area contributed by atoms with Crippen LogP contribution in [0.1, 0.15) is 29.5 Å². The number of likely N-dealkylation sites (N-methyl/N-ethyl adjacent to an activating group) is 1. The first-order valence-corrected chi connectivity index (χ1v) is 7.79. The number of hydrogen-bond donors (Lipinski definition) is 1. The Balaban J connectivity index is 1.69. The first kappa shape index (κ1) is 14.1. The van der Waals surface area contributed by atoms with Gasteiger partial charge in [-0.2, -0.15) is 0 Å². The highest BCUT2D eigenvalue weighted by Gasteiger charge is 2.31. The predicted molar refractivity (Wildman–Crippen MR) is 81.8 cm³/mol. The van der Waals surface area contributed by atoms with Crippen LogP contribution >= 0.6 is 0 Å². The Hall–Kier alpha value is -0.900. The zero-order valence-electron chi connectivity index (χ0n) is 12.7. The van der Waals surface area contributed by atoms with Crippen LogP contribution in [0.4, 0.5) is 0 Å². The summed E-state index contributed by atoms with van der Waals surface area (Å²) in [6.07, 6.45) is 4.55. The third-order valence-corrected chi connectivity index (χ3v) is 4.63. The molecule has 0 spiro atoms. The van der Waals surface area contributed by atoms with E-state index in [1.165, 1.54) is 24.8 Å². The standard InChI is InChI=1S/C17H26N2O/c1-18(2)11-16-9-17(20)12-19(16)10-13-6-7-14-4-3-5-15(14)8-13/h6-8,16-17,20H,3-5,9-12H2,1-2H3. The average molecular weight is 274 g/mol. The van der Waals surface area contributed by atoms with Gasteiger partial charge in [-0.1, -0.05) is 18.2 Å². The summed E-state index contributed by atoms with van der Waals surface area (Å²) >= 11 is 0. The van der Waals surface area contributed by atoms with Crippen molar-refractivity contribution in [2.24, 2.45) is 0 Å². The molecule has 1 heterocycles. The van der Waals surface area contributed by atoms with Crippen molar-refractivity contribution < 1.29 is 5.11 Å². The summed E-state index contributed by atoms with van der Waals surface area (Å²) in [4.78, 5) is 4.67. The molecule has 0 aromatic heterocycles. The van der Waals surface area contributed by atoms with E-state index < -0.39 is 0 Å². The van der Waals surface area contributed by atoms with Crippen LogP contribution in [0.15, 0.2) is 18.2 Å². The number of rotatable bonds is 4. The van der Waals surface area contributed by atoms with Crippen LogP contribution in [0.5, 0.6) is 0 Å². The normalized spacial score (nSPS) is 26.4. The highest BCUT2D eigenvalue weighted by Crippen LogP contribution is 2.25. The molecule has 0 amide bonds. The van der Waals surface area contributed by atoms with Gasteiger partial charge in [0, 0.05) is 25.7 Å². The van der Waals surface area contributed by atoms with Crippen molar-refractivity contribution in [2.75, 3.05) is 27.2 Å². The van der Waals surface area contributed by atoms with Gasteiger partial charge in [0.15, 0.2) is 0 Å². The van der Waals surface area contributed by atoms with Crippen molar-refractivity contribution in [2.45, 2.75) is 44.4 Å². The Bertz CT molecular complexity index is 472. The molecule has 2 unspecified atom stereocenters. The molecule has 110 valence electrons. The Kier molecular flexibility index (Phi) is 4.11. The molecule has 3 nitrogen and oxygen atoms in total. The van der Waals surface area contributed by atoms with Crippen molar-refractivity contribution in [1.82, 2.24) is 9.80 Å². The molecule has 1 fully saturated rings. The van der Waals surface area contributed by atoms with Gasteiger partial charge < -0.3 is 10.0 Å². The third kappa shape index (κ3) is 3.05. The lowest BCUT2D eigenvalue weighted by Crippen LogP contribution is -2.37. The first-order chi connectivity index (χ1) is 9.61. The minimum atomic E-state index is -0.158. The minimum Gasteiger partial charge on any atom is -0.392 e. The van der Waals surface area contributed by atoms with Gasteiger partial charge in [0.1, 0.15) is 0 Å². The molecular weight excluding hydrogens is 248 g/mol. The van der Waals surface area contributed by atoms with E-state index in [-0.39, 0.29) is 6.10 Å². The number of nitrogens with zero attached hydrogens (tertiary/aromatic N) is 2. The topological polar surface area (TPSA) is 26.7 Å². The fourth-order valence-electron chi connectivity index (χ4n) is 3.72. The van der Waals surface area contributed by atoms with Gasteiger partial charge in [-0.25, -0.2) is 0 Å². The maximum absolute atomic E-state index is 9.96. The lowest BCUT2D eigenvalue weighted by molar-refractivity contribution is 0.169. The van der Waals surface area contributed by atoms with E-state index in [2.05, 4.69) is 42.1 Å². The summed E-state index contributed by atoms with van der Waals surface area (Å²) in [6, 6.07) is 7.46. The molecule has 1 aromatic rings. The summed E-state index contributed by atoms with van der Waals surface area (Å²) < 4.78 is 0. The average Bonchev–Trinajstić information content (AvgIpc) is 2.95. The molecule has 0 saturated carbocycles. The van der Waals surface area contributed by atoms with E-state index in [9.17, 15) is 5.11 Å². The summed E-state index contributed by atoms with van der Waals surface area (Å²) in [6.45, 7) is 2.82. The third-order valence-electron chi connectivity index (χ3n) is 4.63. The highest BCUT2D eigenvalue weighted by atomic mass is 16.3. The monoisotopic (exact) mass is 274 g/mol. The molecule has 1 aliphatic heterocycles. The number of aliphatic hydroxyl groups is 1. The number of aliphatic hydroxyl groups excluding tert-OH is 1. The zero-order chi connectivity index (χ0) is 14.1. The van der Waals surface area contributed by atoms with Crippen LogP contribution in [0.2, 0.25) is 0 Å². The molecule has 3 rings (SSSR count). The molecule has 1 aromatic carbocycles.